The Morgan fingerprint density at radius 3 is 2.30 bits per heavy atom. The molecule has 1 N–H and O–H groups in total. The van der Waals surface area contributed by atoms with Crippen LogP contribution >= 0.6 is 15.9 Å². The molecule has 2 aromatic rings. The van der Waals surface area contributed by atoms with Crippen molar-refractivity contribution in [3.05, 3.63) is 80.3 Å². The van der Waals surface area contributed by atoms with Crippen LogP contribution in [0.15, 0.2) is 59.1 Å². The van der Waals surface area contributed by atoms with Crippen LogP contribution in [0, 0.1) is 10.1 Å². The van der Waals surface area contributed by atoms with E-state index in [1.54, 1.807) is 19.1 Å². The Hall–Kier alpha value is -1.76. The second-order valence-corrected chi connectivity index (χ2v) is 6.26. The maximum Gasteiger partial charge on any atom is 0.234 e. The minimum absolute atomic E-state index is 0.228. The average Bonchev–Trinajstić information content (AvgIpc) is 2.54. The zero-order valence-corrected chi connectivity index (χ0v) is 14.4. The van der Waals surface area contributed by atoms with Gasteiger partial charge >= 0.3 is 0 Å². The van der Waals surface area contributed by atoms with Gasteiger partial charge in [-0.15, -0.1) is 0 Å². The summed E-state index contributed by atoms with van der Waals surface area (Å²) in [6.45, 7) is 1.99. The molecule has 2 aromatic carbocycles. The van der Waals surface area contributed by atoms with E-state index in [2.05, 4.69) is 15.9 Å². The molecule has 0 heterocycles. The van der Waals surface area contributed by atoms with Crippen molar-refractivity contribution in [2.75, 3.05) is 0 Å². The third kappa shape index (κ3) is 4.60. The summed E-state index contributed by atoms with van der Waals surface area (Å²) in [5.74, 6) is 0. The predicted molar refractivity (Wildman–Crippen MR) is 91.7 cm³/mol. The van der Waals surface area contributed by atoms with E-state index in [0.29, 0.717) is 6.42 Å². The molecular formula is C17H19BrN2O3. The quantitative estimate of drug-likeness (QED) is 0.571. The van der Waals surface area contributed by atoms with Crippen LogP contribution in [0.25, 0.3) is 0 Å². The van der Waals surface area contributed by atoms with E-state index in [-0.39, 0.29) is 11.5 Å². The Bertz CT molecular complexity index is 634. The summed E-state index contributed by atoms with van der Waals surface area (Å²) >= 11 is 3.36. The van der Waals surface area contributed by atoms with Crippen molar-refractivity contribution >= 4 is 15.9 Å². The number of rotatable bonds is 7. The van der Waals surface area contributed by atoms with Crippen molar-refractivity contribution in [1.82, 2.24) is 5.06 Å². The lowest BCUT2D eigenvalue weighted by Gasteiger charge is -2.28. The van der Waals surface area contributed by atoms with Gasteiger partial charge in [-0.05, 0) is 23.3 Å². The monoisotopic (exact) mass is 378 g/mol. The molecule has 0 saturated heterocycles. The Labute approximate surface area is 143 Å². The molecule has 2 rings (SSSR count). The first kappa shape index (κ1) is 17.6. The lowest BCUT2D eigenvalue weighted by atomic mass is 9.97. The molecule has 0 spiro atoms. The standard InChI is InChI=1S/C17H19BrN2O3/c1-2-16(20(22)23)17(14-8-10-15(18)11-9-14)19(21)12-13-6-4-3-5-7-13/h3-11,16-17,21H,2,12H2,1H3/t16-,17-/m0/s1. The Morgan fingerprint density at radius 2 is 1.78 bits per heavy atom. The van der Waals surface area contributed by atoms with Crippen LogP contribution in [-0.4, -0.2) is 21.2 Å². The molecule has 0 aliphatic heterocycles. The van der Waals surface area contributed by atoms with Gasteiger partial charge in [0.15, 0.2) is 0 Å². The molecule has 0 bridgehead atoms. The molecule has 6 heteroatoms. The summed E-state index contributed by atoms with van der Waals surface area (Å²) in [4.78, 5) is 11.1. The van der Waals surface area contributed by atoms with Crippen LogP contribution < -0.4 is 0 Å². The van der Waals surface area contributed by atoms with Gasteiger partial charge in [0.2, 0.25) is 6.04 Å². The highest BCUT2D eigenvalue weighted by Crippen LogP contribution is 2.29. The van der Waals surface area contributed by atoms with E-state index < -0.39 is 12.1 Å². The minimum atomic E-state index is -0.884. The number of benzene rings is 2. The zero-order valence-electron chi connectivity index (χ0n) is 12.8. The normalized spacial score (nSPS) is 13.7. The van der Waals surface area contributed by atoms with Gasteiger partial charge in [-0.25, -0.2) is 0 Å². The van der Waals surface area contributed by atoms with Crippen LogP contribution in [0.1, 0.15) is 30.5 Å². The van der Waals surface area contributed by atoms with Crippen LogP contribution in [0.4, 0.5) is 0 Å². The molecule has 23 heavy (non-hydrogen) atoms. The van der Waals surface area contributed by atoms with Crippen LogP contribution in [-0.2, 0) is 6.54 Å². The highest BCUT2D eigenvalue weighted by molar-refractivity contribution is 9.10. The van der Waals surface area contributed by atoms with Crippen molar-refractivity contribution < 1.29 is 10.1 Å². The smallest absolute Gasteiger partial charge is 0.234 e. The van der Waals surface area contributed by atoms with Gasteiger partial charge in [0.1, 0.15) is 6.04 Å². The summed E-state index contributed by atoms with van der Waals surface area (Å²) in [6.07, 6.45) is 0.333. The fraction of sp³-hybridized carbons (Fsp3) is 0.294. The van der Waals surface area contributed by atoms with Gasteiger partial charge in [0.25, 0.3) is 0 Å². The largest absolute Gasteiger partial charge is 0.313 e. The predicted octanol–water partition coefficient (Wildman–Crippen LogP) is 4.44. The summed E-state index contributed by atoms with van der Waals surface area (Å²) in [5.41, 5.74) is 1.62. The summed E-state index contributed by atoms with van der Waals surface area (Å²) in [5, 5.41) is 23.0. The number of nitro groups is 1. The van der Waals surface area contributed by atoms with Gasteiger partial charge in [-0.3, -0.25) is 10.1 Å². The second kappa shape index (κ2) is 8.19. The van der Waals surface area contributed by atoms with Crippen LogP contribution in [0.3, 0.4) is 0 Å². The molecule has 0 unspecified atom stereocenters. The first-order valence-electron chi connectivity index (χ1n) is 7.41. The topological polar surface area (TPSA) is 66.6 Å². The van der Waals surface area contributed by atoms with E-state index in [9.17, 15) is 15.3 Å². The SMILES string of the molecule is CC[C@@H]([C@H](c1ccc(Br)cc1)N(O)Cc1ccccc1)[N+](=O)[O-]. The maximum atomic E-state index is 11.4. The van der Waals surface area contributed by atoms with E-state index in [4.69, 9.17) is 0 Å². The molecular weight excluding hydrogens is 360 g/mol. The summed E-state index contributed by atoms with van der Waals surface area (Å²) in [6, 6.07) is 15.1. The van der Waals surface area contributed by atoms with Crippen molar-refractivity contribution in [2.45, 2.75) is 32.0 Å². The fourth-order valence-electron chi connectivity index (χ4n) is 2.61. The lowest BCUT2D eigenvalue weighted by Crippen LogP contribution is -2.38. The molecule has 0 radical (unpaired) electrons. The number of hydroxylamine groups is 2. The molecule has 122 valence electrons. The average molecular weight is 379 g/mol. The number of nitrogens with zero attached hydrogens (tertiary/aromatic N) is 2. The number of hydrogen-bond donors (Lipinski definition) is 1. The number of hydrogen-bond acceptors (Lipinski definition) is 4. The van der Waals surface area contributed by atoms with Crippen LogP contribution in [0.5, 0.6) is 0 Å². The van der Waals surface area contributed by atoms with Crippen molar-refractivity contribution in [3.63, 3.8) is 0 Å². The van der Waals surface area contributed by atoms with Crippen molar-refractivity contribution in [1.29, 1.82) is 0 Å². The maximum absolute atomic E-state index is 11.4. The van der Waals surface area contributed by atoms with E-state index in [1.807, 2.05) is 42.5 Å². The highest BCUT2D eigenvalue weighted by Gasteiger charge is 2.35. The summed E-state index contributed by atoms with van der Waals surface area (Å²) in [7, 11) is 0. The molecule has 0 amide bonds. The Balaban J connectivity index is 2.32. The molecule has 0 fully saturated rings. The Kier molecular flexibility index (Phi) is 6.27. The molecule has 2 atom stereocenters. The lowest BCUT2D eigenvalue weighted by molar-refractivity contribution is -0.537. The van der Waals surface area contributed by atoms with Crippen molar-refractivity contribution in [2.24, 2.45) is 0 Å². The van der Waals surface area contributed by atoms with Crippen molar-refractivity contribution in [3.8, 4) is 0 Å². The van der Waals surface area contributed by atoms with Gasteiger partial charge in [-0.1, -0.05) is 65.3 Å². The second-order valence-electron chi connectivity index (χ2n) is 5.34. The van der Waals surface area contributed by atoms with E-state index in [0.717, 1.165) is 20.7 Å². The number of halogens is 1. The minimum Gasteiger partial charge on any atom is -0.313 e. The third-order valence-corrected chi connectivity index (χ3v) is 4.30. The molecule has 0 aliphatic rings. The fourth-order valence-corrected chi connectivity index (χ4v) is 2.87. The molecule has 5 nitrogen and oxygen atoms in total. The summed E-state index contributed by atoms with van der Waals surface area (Å²) < 4.78 is 0.890. The third-order valence-electron chi connectivity index (χ3n) is 3.77. The Morgan fingerprint density at radius 1 is 1.17 bits per heavy atom. The molecule has 0 saturated carbocycles. The van der Waals surface area contributed by atoms with Gasteiger partial charge in [-0.2, -0.15) is 5.06 Å². The first-order chi connectivity index (χ1) is 11.0. The highest BCUT2D eigenvalue weighted by atomic mass is 79.9. The zero-order chi connectivity index (χ0) is 16.8. The van der Waals surface area contributed by atoms with Gasteiger partial charge in [0, 0.05) is 22.4 Å². The molecule has 0 aromatic heterocycles. The van der Waals surface area contributed by atoms with Gasteiger partial charge < -0.3 is 5.21 Å². The van der Waals surface area contributed by atoms with Gasteiger partial charge in [0.05, 0.1) is 0 Å². The van der Waals surface area contributed by atoms with Crippen LogP contribution in [0.2, 0.25) is 0 Å². The first-order valence-corrected chi connectivity index (χ1v) is 8.20. The van der Waals surface area contributed by atoms with E-state index in [1.165, 1.54) is 0 Å². The van der Waals surface area contributed by atoms with E-state index >= 15 is 0 Å². The molecule has 0 aliphatic carbocycles.